The number of rotatable bonds is 3. The Morgan fingerprint density at radius 1 is 1.40 bits per heavy atom. The van der Waals surface area contributed by atoms with Crippen LogP contribution in [0.5, 0.6) is 0 Å². The van der Waals surface area contributed by atoms with Crippen LogP contribution >= 0.6 is 0 Å². The summed E-state index contributed by atoms with van der Waals surface area (Å²) < 4.78 is 3.62. The lowest BCUT2D eigenvalue weighted by molar-refractivity contribution is 0.207. The molecule has 1 saturated heterocycles. The van der Waals surface area contributed by atoms with Crippen molar-refractivity contribution >= 4 is 17.4 Å². The van der Waals surface area contributed by atoms with E-state index in [1.165, 1.54) is 0 Å². The number of carbonyl (C=O) groups is 1. The monoisotopic (exact) mass is 340 g/mol. The fourth-order valence-electron chi connectivity index (χ4n) is 3.42. The third-order valence-corrected chi connectivity index (χ3v) is 4.76. The summed E-state index contributed by atoms with van der Waals surface area (Å²) in [5, 5.41) is 16.8. The molecule has 8 heteroatoms. The number of nitrogens with one attached hydrogen (secondary N) is 1. The van der Waals surface area contributed by atoms with Crippen molar-refractivity contribution in [3.05, 3.63) is 48.7 Å². The zero-order valence-corrected chi connectivity index (χ0v) is 13.9. The number of fused-ring (bicyclic) bond motifs is 1. The van der Waals surface area contributed by atoms with Gasteiger partial charge in [0.2, 0.25) is 0 Å². The number of pyridine rings is 1. The normalized spacial score (nSPS) is 20.3. The lowest BCUT2D eigenvalue weighted by Gasteiger charge is -2.17. The van der Waals surface area contributed by atoms with E-state index < -0.39 is 0 Å². The third-order valence-electron chi connectivity index (χ3n) is 4.76. The van der Waals surface area contributed by atoms with Crippen LogP contribution in [-0.4, -0.2) is 54.9 Å². The van der Waals surface area contributed by atoms with Crippen molar-refractivity contribution in [3.8, 4) is 0 Å². The Morgan fingerprint density at radius 2 is 2.28 bits per heavy atom. The topological polar surface area (TPSA) is 87.7 Å². The van der Waals surface area contributed by atoms with Crippen LogP contribution in [0.15, 0.2) is 43.1 Å². The molecule has 1 fully saturated rings. The maximum Gasteiger partial charge on any atom is 0.321 e. The summed E-state index contributed by atoms with van der Waals surface area (Å²) in [6.07, 6.45) is 9.18. The summed E-state index contributed by atoms with van der Waals surface area (Å²) in [6.45, 7) is 1.13. The van der Waals surface area contributed by atoms with Gasteiger partial charge in [0.05, 0.1) is 6.20 Å². The van der Waals surface area contributed by atoms with Gasteiger partial charge in [-0.05, 0) is 11.6 Å². The zero-order valence-electron chi connectivity index (χ0n) is 13.9. The van der Waals surface area contributed by atoms with Crippen molar-refractivity contribution in [2.24, 2.45) is 13.0 Å². The van der Waals surface area contributed by atoms with Crippen molar-refractivity contribution in [2.45, 2.75) is 5.92 Å². The highest BCUT2D eigenvalue weighted by Crippen LogP contribution is 2.32. The van der Waals surface area contributed by atoms with E-state index in [9.17, 15) is 9.90 Å². The molecule has 1 aliphatic heterocycles. The van der Waals surface area contributed by atoms with Gasteiger partial charge in [-0.15, -0.1) is 0 Å². The number of aliphatic hydroxyl groups is 1. The molecule has 8 nitrogen and oxygen atoms in total. The van der Waals surface area contributed by atoms with Crippen LogP contribution in [0.2, 0.25) is 0 Å². The Morgan fingerprint density at radius 3 is 3.04 bits per heavy atom. The van der Waals surface area contributed by atoms with Gasteiger partial charge >= 0.3 is 6.03 Å². The van der Waals surface area contributed by atoms with Gasteiger partial charge in [-0.2, -0.15) is 5.10 Å². The molecule has 2 atom stereocenters. The Labute approximate surface area is 144 Å². The van der Waals surface area contributed by atoms with Gasteiger partial charge in [0.25, 0.3) is 0 Å². The van der Waals surface area contributed by atoms with E-state index in [-0.39, 0.29) is 24.5 Å². The maximum absolute atomic E-state index is 12.6. The van der Waals surface area contributed by atoms with Crippen LogP contribution in [0.1, 0.15) is 11.5 Å². The maximum atomic E-state index is 12.6. The Hall–Kier alpha value is -2.87. The number of nitrogens with zero attached hydrogens (tertiary/aromatic N) is 5. The molecule has 2 amide bonds. The molecule has 0 aliphatic carbocycles. The Bertz CT molecular complexity index is 901. The summed E-state index contributed by atoms with van der Waals surface area (Å²) in [5.74, 6) is 0.115. The van der Waals surface area contributed by atoms with Crippen molar-refractivity contribution < 1.29 is 9.90 Å². The number of aromatic nitrogens is 4. The molecule has 25 heavy (non-hydrogen) atoms. The summed E-state index contributed by atoms with van der Waals surface area (Å²) in [7, 11) is 1.86. The van der Waals surface area contributed by atoms with E-state index in [1.807, 2.05) is 42.2 Å². The number of carbonyl (C=O) groups excluding carboxylic acids is 1. The minimum Gasteiger partial charge on any atom is -0.396 e. The average molecular weight is 340 g/mol. The highest BCUT2D eigenvalue weighted by molar-refractivity contribution is 5.90. The van der Waals surface area contributed by atoms with Gasteiger partial charge < -0.3 is 19.7 Å². The molecule has 0 bridgehead atoms. The number of urea groups is 1. The van der Waals surface area contributed by atoms with Crippen molar-refractivity contribution in [1.29, 1.82) is 0 Å². The number of hydrogen-bond acceptors (Lipinski definition) is 4. The number of aliphatic hydroxyl groups excluding tert-OH is 1. The largest absolute Gasteiger partial charge is 0.396 e. The van der Waals surface area contributed by atoms with Crippen LogP contribution in [0, 0.1) is 5.92 Å². The first-order valence-corrected chi connectivity index (χ1v) is 8.22. The molecule has 2 N–H and O–H groups in total. The first-order valence-electron chi connectivity index (χ1n) is 8.22. The lowest BCUT2D eigenvalue weighted by atomic mass is 9.92. The Balaban J connectivity index is 1.48. The molecule has 4 rings (SSSR count). The minimum atomic E-state index is -0.166. The predicted molar refractivity (Wildman–Crippen MR) is 92.3 cm³/mol. The SMILES string of the molecule is Cn1cc([C@@H]2CN(C(=O)Nc3ccn4ccnc4c3)C[C@H]2CO)cn1. The van der Waals surface area contributed by atoms with E-state index in [0.29, 0.717) is 18.8 Å². The van der Waals surface area contributed by atoms with Gasteiger partial charge in [0.15, 0.2) is 0 Å². The number of aryl methyl sites for hydroxylation is 1. The predicted octanol–water partition coefficient (Wildman–Crippen LogP) is 1.31. The van der Waals surface area contributed by atoms with Gasteiger partial charge in [-0.1, -0.05) is 0 Å². The number of imidazole rings is 1. The molecule has 0 aromatic carbocycles. The first kappa shape index (κ1) is 15.6. The summed E-state index contributed by atoms with van der Waals surface area (Å²) in [4.78, 5) is 18.6. The van der Waals surface area contributed by atoms with Crippen LogP contribution in [-0.2, 0) is 7.05 Å². The number of hydrogen-bond donors (Lipinski definition) is 2. The molecule has 3 aromatic rings. The molecular weight excluding hydrogens is 320 g/mol. The van der Waals surface area contributed by atoms with Gasteiger partial charge in [0, 0.05) is 75.1 Å². The van der Waals surface area contributed by atoms with E-state index in [4.69, 9.17) is 0 Å². The highest BCUT2D eigenvalue weighted by Gasteiger charge is 2.36. The smallest absolute Gasteiger partial charge is 0.321 e. The standard InChI is InChI=1S/C17H20N6O2/c1-21-8-12(7-19-21)15-10-23(9-13(15)11-24)17(25)20-14-2-4-22-5-3-18-16(22)6-14/h2-8,13,15,24H,9-11H2,1H3,(H,20,25)/t13-,15-/m0/s1. The fourth-order valence-corrected chi connectivity index (χ4v) is 3.42. The fraction of sp³-hybridized carbons (Fsp3) is 0.353. The summed E-state index contributed by atoms with van der Waals surface area (Å²) in [5.41, 5.74) is 2.53. The molecule has 0 radical (unpaired) electrons. The lowest BCUT2D eigenvalue weighted by Crippen LogP contribution is -2.33. The third kappa shape index (κ3) is 2.96. The second-order valence-corrected chi connectivity index (χ2v) is 6.44. The summed E-state index contributed by atoms with van der Waals surface area (Å²) in [6, 6.07) is 3.50. The molecule has 0 spiro atoms. The van der Waals surface area contributed by atoms with E-state index >= 15 is 0 Å². The van der Waals surface area contributed by atoms with E-state index in [1.54, 1.807) is 22.0 Å². The minimum absolute atomic E-state index is 0.0183. The van der Waals surface area contributed by atoms with Crippen LogP contribution < -0.4 is 5.32 Å². The molecule has 1 aliphatic rings. The number of likely N-dealkylation sites (tertiary alicyclic amines) is 1. The highest BCUT2D eigenvalue weighted by atomic mass is 16.3. The van der Waals surface area contributed by atoms with Crippen molar-refractivity contribution in [2.75, 3.05) is 25.0 Å². The van der Waals surface area contributed by atoms with Crippen LogP contribution in [0.3, 0.4) is 0 Å². The molecule has 0 saturated carbocycles. The molecule has 3 aromatic heterocycles. The molecule has 0 unspecified atom stereocenters. The summed E-state index contributed by atoms with van der Waals surface area (Å²) >= 11 is 0. The molecule has 4 heterocycles. The van der Waals surface area contributed by atoms with Crippen molar-refractivity contribution in [1.82, 2.24) is 24.1 Å². The molecule has 130 valence electrons. The first-order chi connectivity index (χ1) is 12.1. The number of anilines is 1. The van der Waals surface area contributed by atoms with Crippen LogP contribution in [0.25, 0.3) is 5.65 Å². The van der Waals surface area contributed by atoms with Gasteiger partial charge in [-0.3, -0.25) is 4.68 Å². The second kappa shape index (κ2) is 6.21. The Kier molecular flexibility index (Phi) is 3.89. The zero-order chi connectivity index (χ0) is 17.4. The quantitative estimate of drug-likeness (QED) is 0.752. The van der Waals surface area contributed by atoms with Crippen LogP contribution in [0.4, 0.5) is 10.5 Å². The number of amides is 2. The van der Waals surface area contributed by atoms with E-state index in [0.717, 1.165) is 11.2 Å². The second-order valence-electron chi connectivity index (χ2n) is 6.44. The molecular formula is C17H20N6O2. The van der Waals surface area contributed by atoms with Gasteiger partial charge in [0.1, 0.15) is 5.65 Å². The van der Waals surface area contributed by atoms with Crippen molar-refractivity contribution in [3.63, 3.8) is 0 Å². The average Bonchev–Trinajstić information content (AvgIpc) is 3.32. The van der Waals surface area contributed by atoms with E-state index in [2.05, 4.69) is 15.4 Å². The van der Waals surface area contributed by atoms with Gasteiger partial charge in [-0.25, -0.2) is 9.78 Å².